The van der Waals surface area contributed by atoms with E-state index in [0.29, 0.717) is 0 Å². The Labute approximate surface area is 93.8 Å². The van der Waals surface area contributed by atoms with E-state index < -0.39 is 0 Å². The van der Waals surface area contributed by atoms with Gasteiger partial charge in [0, 0.05) is 12.2 Å². The fourth-order valence-corrected chi connectivity index (χ4v) is 3.51. The Kier molecular flexibility index (Phi) is 5.95. The third kappa shape index (κ3) is 3.82. The Morgan fingerprint density at radius 2 is 1.71 bits per heavy atom. The van der Waals surface area contributed by atoms with E-state index in [2.05, 4.69) is 25.6 Å². The minimum Gasteiger partial charge on any atom is -0.315 e. The van der Waals surface area contributed by atoms with E-state index >= 15 is 0 Å². The number of hydrogen-bond donors (Lipinski definition) is 0. The Hall–Kier alpha value is 0.310. The molecule has 0 aliphatic carbocycles. The lowest BCUT2D eigenvalue weighted by atomic mass is 10.2. The number of rotatable bonds is 6. The highest BCUT2D eigenvalue weighted by Gasteiger charge is 2.28. The van der Waals surface area contributed by atoms with Crippen LogP contribution in [0.25, 0.3) is 0 Å². The van der Waals surface area contributed by atoms with Crippen LogP contribution >= 0.6 is 11.8 Å². The van der Waals surface area contributed by atoms with Gasteiger partial charge in [0.25, 0.3) is 0 Å². The van der Waals surface area contributed by atoms with Crippen molar-refractivity contribution in [2.45, 2.75) is 46.0 Å². The summed E-state index contributed by atoms with van der Waals surface area (Å²) in [5.41, 5.74) is 0. The van der Waals surface area contributed by atoms with E-state index in [9.17, 15) is 0 Å². The molecule has 1 fully saturated rings. The van der Waals surface area contributed by atoms with Gasteiger partial charge in [-0.2, -0.15) is 0 Å². The Morgan fingerprint density at radius 1 is 1.07 bits per heavy atom. The number of unbranched alkanes of at least 4 members (excludes halogenated alkanes) is 2. The Balaban J connectivity index is 2.39. The smallest absolute Gasteiger partial charge is 0.125 e. The number of quaternary nitrogens is 1. The van der Waals surface area contributed by atoms with Crippen LogP contribution < -0.4 is 0 Å². The lowest BCUT2D eigenvalue weighted by molar-refractivity contribution is -0.918. The predicted octanol–water partition coefficient (Wildman–Crippen LogP) is 3.50. The molecule has 2 heteroatoms. The van der Waals surface area contributed by atoms with Crippen LogP contribution in [0.4, 0.5) is 0 Å². The van der Waals surface area contributed by atoms with Gasteiger partial charge in [-0.3, -0.25) is 0 Å². The summed E-state index contributed by atoms with van der Waals surface area (Å²) in [5, 5.41) is 0. The molecule has 0 N–H and O–H groups in total. The van der Waals surface area contributed by atoms with E-state index in [1.165, 1.54) is 67.9 Å². The molecule has 84 valence electrons. The summed E-state index contributed by atoms with van der Waals surface area (Å²) in [6.45, 7) is 8.95. The van der Waals surface area contributed by atoms with Gasteiger partial charge < -0.3 is 4.48 Å². The maximum Gasteiger partial charge on any atom is 0.125 e. The minimum absolute atomic E-state index is 1.36. The van der Waals surface area contributed by atoms with Crippen LogP contribution in [-0.4, -0.2) is 35.7 Å². The average molecular weight is 216 g/mol. The van der Waals surface area contributed by atoms with Gasteiger partial charge in [0.05, 0.1) is 19.6 Å². The van der Waals surface area contributed by atoms with Crippen molar-refractivity contribution in [3.05, 3.63) is 0 Å². The fourth-order valence-electron chi connectivity index (χ4n) is 2.28. The lowest BCUT2D eigenvalue weighted by Crippen LogP contribution is -2.51. The molecule has 0 saturated carbocycles. The molecule has 0 aromatic rings. The monoisotopic (exact) mass is 216 g/mol. The van der Waals surface area contributed by atoms with Crippen LogP contribution in [-0.2, 0) is 0 Å². The number of nitrogens with zero attached hydrogens (tertiary/aromatic N) is 1. The molecule has 1 aliphatic rings. The van der Waals surface area contributed by atoms with Crippen molar-refractivity contribution in [2.75, 3.05) is 31.3 Å². The summed E-state index contributed by atoms with van der Waals surface area (Å²) < 4.78 is 1.42. The third-order valence-electron chi connectivity index (χ3n) is 3.26. The van der Waals surface area contributed by atoms with E-state index in [4.69, 9.17) is 0 Å². The van der Waals surface area contributed by atoms with Gasteiger partial charge in [0.15, 0.2) is 0 Å². The lowest BCUT2D eigenvalue weighted by Gasteiger charge is -2.41. The first kappa shape index (κ1) is 12.4. The van der Waals surface area contributed by atoms with Gasteiger partial charge in [-0.15, -0.1) is 11.8 Å². The topological polar surface area (TPSA) is 0 Å². The minimum atomic E-state index is 1.36. The highest BCUT2D eigenvalue weighted by molar-refractivity contribution is 7.99. The zero-order chi connectivity index (χ0) is 10.3. The second-order valence-electron chi connectivity index (χ2n) is 4.61. The van der Waals surface area contributed by atoms with Crippen molar-refractivity contribution in [1.82, 2.24) is 0 Å². The first-order valence-corrected chi connectivity index (χ1v) is 7.41. The van der Waals surface area contributed by atoms with Crippen LogP contribution in [0, 0.1) is 0 Å². The molecular formula is C12H26NS+. The Morgan fingerprint density at radius 3 is 2.14 bits per heavy atom. The summed E-state index contributed by atoms with van der Waals surface area (Å²) in [6.07, 6.45) is 7.00. The van der Waals surface area contributed by atoms with E-state index in [0.717, 1.165) is 0 Å². The molecule has 14 heavy (non-hydrogen) atoms. The van der Waals surface area contributed by atoms with Gasteiger partial charge in [0.1, 0.15) is 5.88 Å². The number of hydrogen-bond acceptors (Lipinski definition) is 1. The molecule has 0 bridgehead atoms. The molecule has 0 amide bonds. The van der Waals surface area contributed by atoms with Crippen molar-refractivity contribution in [3.8, 4) is 0 Å². The van der Waals surface area contributed by atoms with Gasteiger partial charge in [-0.05, 0) is 12.8 Å². The maximum absolute atomic E-state index is 2.31. The van der Waals surface area contributed by atoms with Gasteiger partial charge in [0.2, 0.25) is 0 Å². The van der Waals surface area contributed by atoms with E-state index in [1.54, 1.807) is 0 Å². The van der Waals surface area contributed by atoms with Crippen molar-refractivity contribution in [3.63, 3.8) is 0 Å². The zero-order valence-corrected chi connectivity index (χ0v) is 10.7. The SMILES string of the molecule is CCCC[N+]1(CCCC)CCCSC1. The van der Waals surface area contributed by atoms with Crippen LogP contribution in [0.5, 0.6) is 0 Å². The zero-order valence-electron chi connectivity index (χ0n) is 9.93. The van der Waals surface area contributed by atoms with Gasteiger partial charge in [-0.1, -0.05) is 26.7 Å². The van der Waals surface area contributed by atoms with Crippen LogP contribution in [0.3, 0.4) is 0 Å². The molecule has 1 saturated heterocycles. The number of thioether (sulfide) groups is 1. The molecule has 1 rings (SSSR count). The summed E-state index contributed by atoms with van der Waals surface area (Å²) in [4.78, 5) is 0. The van der Waals surface area contributed by atoms with Gasteiger partial charge >= 0.3 is 0 Å². The summed E-state index contributed by atoms with van der Waals surface area (Å²) in [7, 11) is 0. The highest BCUT2D eigenvalue weighted by Crippen LogP contribution is 2.24. The molecule has 0 atom stereocenters. The first-order chi connectivity index (χ1) is 6.83. The normalized spacial score (nSPS) is 21.0. The Bertz CT molecular complexity index is 131. The summed E-state index contributed by atoms with van der Waals surface area (Å²) in [6, 6.07) is 0. The molecule has 0 aromatic heterocycles. The second-order valence-corrected chi connectivity index (χ2v) is 5.69. The summed E-state index contributed by atoms with van der Waals surface area (Å²) in [5.74, 6) is 2.79. The van der Waals surface area contributed by atoms with E-state index in [-0.39, 0.29) is 0 Å². The van der Waals surface area contributed by atoms with Crippen molar-refractivity contribution in [2.24, 2.45) is 0 Å². The summed E-state index contributed by atoms with van der Waals surface area (Å²) >= 11 is 2.17. The van der Waals surface area contributed by atoms with Crippen molar-refractivity contribution < 1.29 is 4.48 Å². The van der Waals surface area contributed by atoms with Crippen LogP contribution in [0.2, 0.25) is 0 Å². The molecule has 1 heterocycles. The van der Waals surface area contributed by atoms with E-state index in [1.807, 2.05) is 0 Å². The highest BCUT2D eigenvalue weighted by atomic mass is 32.2. The molecular weight excluding hydrogens is 190 g/mol. The molecule has 1 aliphatic heterocycles. The largest absolute Gasteiger partial charge is 0.315 e. The average Bonchev–Trinajstić information content (AvgIpc) is 2.25. The van der Waals surface area contributed by atoms with Crippen molar-refractivity contribution in [1.29, 1.82) is 0 Å². The van der Waals surface area contributed by atoms with Crippen LogP contribution in [0.15, 0.2) is 0 Å². The second kappa shape index (κ2) is 6.73. The first-order valence-electron chi connectivity index (χ1n) is 6.26. The van der Waals surface area contributed by atoms with Gasteiger partial charge in [-0.25, -0.2) is 0 Å². The molecule has 0 unspecified atom stereocenters. The fraction of sp³-hybridized carbons (Fsp3) is 1.00. The van der Waals surface area contributed by atoms with Crippen molar-refractivity contribution >= 4 is 11.8 Å². The standard InChI is InChI=1S/C12H26NS/c1-3-5-8-13(9-6-4-2)10-7-11-14-12-13/h3-12H2,1-2H3/q+1. The molecule has 0 spiro atoms. The van der Waals surface area contributed by atoms with Crippen LogP contribution in [0.1, 0.15) is 46.0 Å². The predicted molar refractivity (Wildman–Crippen MR) is 66.6 cm³/mol. The quantitative estimate of drug-likeness (QED) is 0.612. The molecule has 0 aromatic carbocycles. The maximum atomic E-state index is 2.31. The molecule has 1 nitrogen and oxygen atoms in total. The third-order valence-corrected chi connectivity index (χ3v) is 4.57. The molecule has 0 radical (unpaired) electrons.